The lowest BCUT2D eigenvalue weighted by molar-refractivity contribution is -0.116. The fourth-order valence-corrected chi connectivity index (χ4v) is 1.56. The monoisotopic (exact) mass is 286 g/mol. The van der Waals surface area contributed by atoms with Crippen LogP contribution in [-0.4, -0.2) is 18.6 Å². The number of carbonyl (C=O) groups excluding carboxylic acids is 1. The minimum atomic E-state index is -0.143. The molecule has 0 radical (unpaired) electrons. The minimum absolute atomic E-state index is 0. The molecule has 1 aromatic carbocycles. The van der Waals surface area contributed by atoms with Crippen LogP contribution in [0.25, 0.3) is 0 Å². The summed E-state index contributed by atoms with van der Waals surface area (Å²) >= 11 is 0. The highest BCUT2D eigenvalue weighted by Crippen LogP contribution is 2.26. The standard InChI is InChI=1S/C14H22N2O2.ClH/c1-4-7-18-13-8-10(2)5-6-12(13)16-14(17)9-11(3)15;/h5-6,8,11H,4,7,9,15H2,1-3H3,(H,16,17);1H. The van der Waals surface area contributed by atoms with Crippen molar-refractivity contribution in [1.82, 2.24) is 0 Å². The van der Waals surface area contributed by atoms with Crippen molar-refractivity contribution in [2.24, 2.45) is 5.73 Å². The maximum Gasteiger partial charge on any atom is 0.226 e. The van der Waals surface area contributed by atoms with Gasteiger partial charge in [-0.15, -0.1) is 12.4 Å². The number of ether oxygens (including phenoxy) is 1. The second-order valence-electron chi connectivity index (χ2n) is 4.58. The van der Waals surface area contributed by atoms with Crippen molar-refractivity contribution in [1.29, 1.82) is 0 Å². The maximum absolute atomic E-state index is 11.7. The molecule has 3 N–H and O–H groups in total. The summed E-state index contributed by atoms with van der Waals surface area (Å²) in [7, 11) is 0. The Labute approximate surface area is 121 Å². The van der Waals surface area contributed by atoms with E-state index in [9.17, 15) is 4.79 Å². The van der Waals surface area contributed by atoms with Gasteiger partial charge in [0.05, 0.1) is 12.3 Å². The second-order valence-corrected chi connectivity index (χ2v) is 4.58. The lowest BCUT2D eigenvalue weighted by Crippen LogP contribution is -2.24. The van der Waals surface area contributed by atoms with Gasteiger partial charge in [0.1, 0.15) is 5.75 Å². The molecule has 1 atom stereocenters. The zero-order valence-electron chi connectivity index (χ0n) is 11.7. The molecule has 0 saturated carbocycles. The van der Waals surface area contributed by atoms with Gasteiger partial charge in [0.25, 0.3) is 0 Å². The number of hydrogen-bond acceptors (Lipinski definition) is 3. The van der Waals surface area contributed by atoms with Crippen LogP contribution in [0, 0.1) is 6.92 Å². The fourth-order valence-electron chi connectivity index (χ4n) is 1.56. The zero-order valence-corrected chi connectivity index (χ0v) is 12.5. The Morgan fingerprint density at radius 3 is 2.74 bits per heavy atom. The molecule has 0 aliphatic heterocycles. The first kappa shape index (κ1) is 17.7. The topological polar surface area (TPSA) is 64.3 Å². The Morgan fingerprint density at radius 1 is 1.47 bits per heavy atom. The molecule has 5 heteroatoms. The van der Waals surface area contributed by atoms with Crippen LogP contribution in [0.5, 0.6) is 5.75 Å². The summed E-state index contributed by atoms with van der Waals surface area (Å²) in [5.41, 5.74) is 7.41. The molecule has 0 spiro atoms. The Morgan fingerprint density at radius 2 is 2.16 bits per heavy atom. The maximum atomic E-state index is 11.7. The Bertz CT molecular complexity index is 408. The Kier molecular flexibility index (Phi) is 8.19. The van der Waals surface area contributed by atoms with E-state index in [0.717, 1.165) is 17.7 Å². The van der Waals surface area contributed by atoms with Crippen molar-refractivity contribution >= 4 is 24.0 Å². The van der Waals surface area contributed by atoms with Crippen LogP contribution >= 0.6 is 12.4 Å². The highest BCUT2D eigenvalue weighted by atomic mass is 35.5. The molecular formula is C14H23ClN2O2. The molecule has 108 valence electrons. The molecule has 0 heterocycles. The number of benzene rings is 1. The predicted octanol–water partition coefficient (Wildman–Crippen LogP) is 2.88. The highest BCUT2D eigenvalue weighted by molar-refractivity contribution is 5.92. The van der Waals surface area contributed by atoms with E-state index in [1.165, 1.54) is 0 Å². The molecule has 1 amide bonds. The number of halogens is 1. The van der Waals surface area contributed by atoms with Crippen molar-refractivity contribution in [3.8, 4) is 5.75 Å². The summed E-state index contributed by atoms with van der Waals surface area (Å²) in [5.74, 6) is 0.630. The van der Waals surface area contributed by atoms with Gasteiger partial charge in [-0.1, -0.05) is 13.0 Å². The summed E-state index contributed by atoms with van der Waals surface area (Å²) in [6.45, 7) is 6.49. The number of anilines is 1. The molecule has 1 unspecified atom stereocenters. The average molecular weight is 287 g/mol. The van der Waals surface area contributed by atoms with Crippen molar-refractivity contribution in [2.75, 3.05) is 11.9 Å². The van der Waals surface area contributed by atoms with Crippen molar-refractivity contribution in [3.05, 3.63) is 23.8 Å². The van der Waals surface area contributed by atoms with Crippen LogP contribution in [0.15, 0.2) is 18.2 Å². The smallest absolute Gasteiger partial charge is 0.226 e. The number of nitrogens with two attached hydrogens (primary N) is 1. The summed E-state index contributed by atoms with van der Waals surface area (Å²) in [4.78, 5) is 11.7. The molecule has 0 aliphatic carbocycles. The third kappa shape index (κ3) is 6.45. The van der Waals surface area contributed by atoms with Gasteiger partial charge in [-0.25, -0.2) is 0 Å². The number of hydrogen-bond donors (Lipinski definition) is 2. The van der Waals surface area contributed by atoms with Gasteiger partial charge in [0.15, 0.2) is 0 Å². The van der Waals surface area contributed by atoms with E-state index >= 15 is 0 Å². The Balaban J connectivity index is 0.00000324. The summed E-state index contributed by atoms with van der Waals surface area (Å²) in [5, 5.41) is 2.83. The van der Waals surface area contributed by atoms with Crippen LogP contribution < -0.4 is 15.8 Å². The molecule has 4 nitrogen and oxygen atoms in total. The molecule has 0 aromatic heterocycles. The van der Waals surface area contributed by atoms with Crippen LogP contribution in [0.2, 0.25) is 0 Å². The van der Waals surface area contributed by atoms with Gasteiger partial charge >= 0.3 is 0 Å². The van der Waals surface area contributed by atoms with Gasteiger partial charge in [0, 0.05) is 12.5 Å². The summed E-state index contributed by atoms with van der Waals surface area (Å²) in [6.07, 6.45) is 1.24. The van der Waals surface area contributed by atoms with E-state index in [0.29, 0.717) is 18.7 Å². The highest BCUT2D eigenvalue weighted by Gasteiger charge is 2.09. The fraction of sp³-hybridized carbons (Fsp3) is 0.500. The summed E-state index contributed by atoms with van der Waals surface area (Å²) in [6, 6.07) is 5.59. The van der Waals surface area contributed by atoms with Crippen molar-refractivity contribution in [2.45, 2.75) is 39.7 Å². The first-order valence-electron chi connectivity index (χ1n) is 6.31. The predicted molar refractivity (Wildman–Crippen MR) is 81.1 cm³/mol. The first-order chi connectivity index (χ1) is 8.52. The van der Waals surface area contributed by atoms with Crippen molar-refractivity contribution in [3.63, 3.8) is 0 Å². The molecule has 0 fully saturated rings. The molecule has 1 rings (SSSR count). The molecule has 0 bridgehead atoms. The Hall–Kier alpha value is -1.26. The van der Waals surface area contributed by atoms with Gasteiger partial charge < -0.3 is 15.8 Å². The van der Waals surface area contributed by atoms with Crippen LogP contribution in [0.3, 0.4) is 0 Å². The third-order valence-electron chi connectivity index (χ3n) is 2.38. The van der Waals surface area contributed by atoms with E-state index in [1.54, 1.807) is 0 Å². The molecule has 0 aliphatic rings. The van der Waals surface area contributed by atoms with E-state index in [-0.39, 0.29) is 24.4 Å². The first-order valence-corrected chi connectivity index (χ1v) is 6.31. The van der Waals surface area contributed by atoms with E-state index < -0.39 is 0 Å². The second kappa shape index (κ2) is 8.77. The zero-order chi connectivity index (χ0) is 13.5. The molecule has 0 saturated heterocycles. The molecule has 1 aromatic rings. The molecular weight excluding hydrogens is 264 g/mol. The normalized spacial score (nSPS) is 11.4. The minimum Gasteiger partial charge on any atom is -0.491 e. The van der Waals surface area contributed by atoms with E-state index in [2.05, 4.69) is 5.32 Å². The van der Waals surface area contributed by atoms with Crippen LogP contribution in [0.1, 0.15) is 32.3 Å². The number of rotatable bonds is 6. The van der Waals surface area contributed by atoms with E-state index in [1.807, 2.05) is 39.0 Å². The van der Waals surface area contributed by atoms with Crippen LogP contribution in [0.4, 0.5) is 5.69 Å². The summed E-state index contributed by atoms with van der Waals surface area (Å²) < 4.78 is 5.63. The largest absolute Gasteiger partial charge is 0.491 e. The lowest BCUT2D eigenvalue weighted by Gasteiger charge is -2.13. The van der Waals surface area contributed by atoms with E-state index in [4.69, 9.17) is 10.5 Å². The van der Waals surface area contributed by atoms with Gasteiger partial charge in [-0.3, -0.25) is 4.79 Å². The average Bonchev–Trinajstić information content (AvgIpc) is 2.28. The SMILES string of the molecule is CCCOc1cc(C)ccc1NC(=O)CC(C)N.Cl. The van der Waals surface area contributed by atoms with Gasteiger partial charge in [-0.05, 0) is 38.0 Å². The third-order valence-corrected chi connectivity index (χ3v) is 2.38. The number of amides is 1. The number of aryl methyl sites for hydroxylation is 1. The molecule has 19 heavy (non-hydrogen) atoms. The number of nitrogens with one attached hydrogen (secondary N) is 1. The quantitative estimate of drug-likeness (QED) is 0.845. The van der Waals surface area contributed by atoms with Gasteiger partial charge in [0.2, 0.25) is 5.91 Å². The van der Waals surface area contributed by atoms with Gasteiger partial charge in [-0.2, -0.15) is 0 Å². The lowest BCUT2D eigenvalue weighted by atomic mass is 10.2. The number of carbonyl (C=O) groups is 1. The van der Waals surface area contributed by atoms with Crippen molar-refractivity contribution < 1.29 is 9.53 Å². The van der Waals surface area contributed by atoms with Crippen LogP contribution in [-0.2, 0) is 4.79 Å².